The number of carbonyl (C=O) groups excluding carboxylic acids is 1. The van der Waals surface area contributed by atoms with Crippen LogP contribution >= 0.6 is 39.1 Å². The number of carbonyl (C=O) groups is 1. The molecule has 0 amide bonds. The smallest absolute Gasteiger partial charge is 0.333 e. The number of methoxy groups -OCH3 is 1. The van der Waals surface area contributed by atoms with Gasteiger partial charge in [0.25, 0.3) is 0 Å². The predicted octanol–water partition coefficient (Wildman–Crippen LogP) is 5.08. The zero-order valence-electron chi connectivity index (χ0n) is 11.1. The van der Waals surface area contributed by atoms with Crippen molar-refractivity contribution in [3.63, 3.8) is 0 Å². The Morgan fingerprint density at radius 2 is 1.90 bits per heavy atom. The highest BCUT2D eigenvalue weighted by Gasteiger charge is 2.24. The van der Waals surface area contributed by atoms with Gasteiger partial charge in [-0.2, -0.15) is 0 Å². The summed E-state index contributed by atoms with van der Waals surface area (Å²) in [6.07, 6.45) is 0. The van der Waals surface area contributed by atoms with Crippen LogP contribution in [0.5, 0.6) is 0 Å². The largest absolute Gasteiger partial charge is 0.467 e. The van der Waals surface area contributed by atoms with Crippen LogP contribution in [-0.2, 0) is 9.53 Å². The number of esters is 1. The molecular weight excluding hydrogens is 377 g/mol. The van der Waals surface area contributed by atoms with Gasteiger partial charge in [-0.05, 0) is 36.4 Å². The number of anilines is 1. The molecule has 21 heavy (non-hydrogen) atoms. The second-order valence-corrected chi connectivity index (χ2v) is 6.00. The lowest BCUT2D eigenvalue weighted by molar-refractivity contribution is -0.141. The van der Waals surface area contributed by atoms with Crippen molar-refractivity contribution in [3.05, 3.63) is 62.5 Å². The van der Waals surface area contributed by atoms with E-state index in [-0.39, 0.29) is 0 Å². The molecule has 1 N–H and O–H groups in total. The van der Waals surface area contributed by atoms with Crippen molar-refractivity contribution in [3.8, 4) is 0 Å². The van der Waals surface area contributed by atoms with Crippen molar-refractivity contribution in [2.75, 3.05) is 12.4 Å². The van der Waals surface area contributed by atoms with Crippen molar-refractivity contribution >= 4 is 50.8 Å². The minimum absolute atomic E-state index is 0.419. The molecular formula is C15H12BrCl2NO2. The fraction of sp³-hybridized carbons (Fsp3) is 0.133. The van der Waals surface area contributed by atoms with E-state index in [1.807, 2.05) is 6.07 Å². The standard InChI is InChI=1S/C15H12BrCl2NO2/c1-21-15(20)14(12-8-10(18)5-6-13(12)16)19-11-4-2-3-9(17)7-11/h2-8,14,19H,1H3. The van der Waals surface area contributed by atoms with Gasteiger partial charge in [0.1, 0.15) is 0 Å². The Kier molecular flexibility index (Phi) is 5.51. The lowest BCUT2D eigenvalue weighted by atomic mass is 10.1. The van der Waals surface area contributed by atoms with E-state index in [0.29, 0.717) is 21.3 Å². The Bertz CT molecular complexity index is 664. The first-order valence-electron chi connectivity index (χ1n) is 6.06. The first kappa shape index (κ1) is 16.1. The zero-order valence-corrected chi connectivity index (χ0v) is 14.2. The number of hydrogen-bond acceptors (Lipinski definition) is 3. The molecule has 0 aliphatic heterocycles. The molecule has 2 aromatic rings. The van der Waals surface area contributed by atoms with E-state index in [9.17, 15) is 4.79 Å². The lowest BCUT2D eigenvalue weighted by Gasteiger charge is -2.19. The summed E-state index contributed by atoms with van der Waals surface area (Å²) in [6, 6.07) is 11.7. The van der Waals surface area contributed by atoms with Crippen LogP contribution in [0.1, 0.15) is 11.6 Å². The second kappa shape index (κ2) is 7.16. The molecule has 0 heterocycles. The Morgan fingerprint density at radius 3 is 2.57 bits per heavy atom. The minimum Gasteiger partial charge on any atom is -0.467 e. The van der Waals surface area contributed by atoms with Gasteiger partial charge in [-0.1, -0.05) is 45.2 Å². The molecule has 1 unspecified atom stereocenters. The van der Waals surface area contributed by atoms with Gasteiger partial charge in [-0.15, -0.1) is 0 Å². The number of benzene rings is 2. The second-order valence-electron chi connectivity index (χ2n) is 4.28. The Balaban J connectivity index is 2.39. The molecule has 1 atom stereocenters. The molecule has 0 saturated carbocycles. The number of hydrogen-bond donors (Lipinski definition) is 1. The monoisotopic (exact) mass is 387 g/mol. The minimum atomic E-state index is -0.693. The molecule has 0 aromatic heterocycles. The molecule has 0 aliphatic rings. The first-order chi connectivity index (χ1) is 10.0. The van der Waals surface area contributed by atoms with E-state index < -0.39 is 12.0 Å². The zero-order chi connectivity index (χ0) is 15.4. The molecule has 110 valence electrons. The average molecular weight is 389 g/mol. The summed E-state index contributed by atoms with van der Waals surface area (Å²) in [4.78, 5) is 12.1. The van der Waals surface area contributed by atoms with E-state index in [1.54, 1.807) is 36.4 Å². The predicted molar refractivity (Wildman–Crippen MR) is 89.0 cm³/mol. The summed E-state index contributed by atoms with van der Waals surface area (Å²) in [7, 11) is 1.34. The molecule has 3 nitrogen and oxygen atoms in total. The van der Waals surface area contributed by atoms with Gasteiger partial charge in [0.15, 0.2) is 6.04 Å². The van der Waals surface area contributed by atoms with Crippen molar-refractivity contribution in [2.45, 2.75) is 6.04 Å². The van der Waals surface area contributed by atoms with Gasteiger partial charge in [0.05, 0.1) is 7.11 Å². The van der Waals surface area contributed by atoms with Gasteiger partial charge in [0, 0.05) is 25.8 Å². The molecule has 0 aliphatic carbocycles. The van der Waals surface area contributed by atoms with Crippen LogP contribution in [0.15, 0.2) is 46.9 Å². The highest BCUT2D eigenvalue weighted by molar-refractivity contribution is 9.10. The Morgan fingerprint density at radius 1 is 1.19 bits per heavy atom. The van der Waals surface area contributed by atoms with Gasteiger partial charge < -0.3 is 10.1 Å². The normalized spacial score (nSPS) is 11.8. The third kappa shape index (κ3) is 4.13. The van der Waals surface area contributed by atoms with Crippen molar-refractivity contribution in [1.82, 2.24) is 0 Å². The molecule has 2 aromatic carbocycles. The number of rotatable bonds is 4. The van der Waals surface area contributed by atoms with E-state index in [0.717, 1.165) is 4.47 Å². The summed E-state index contributed by atoms with van der Waals surface area (Å²) in [5.74, 6) is -0.419. The van der Waals surface area contributed by atoms with Crippen LogP contribution < -0.4 is 5.32 Å². The summed E-state index contributed by atoms with van der Waals surface area (Å²) in [6.45, 7) is 0. The summed E-state index contributed by atoms with van der Waals surface area (Å²) < 4.78 is 5.63. The lowest BCUT2D eigenvalue weighted by Crippen LogP contribution is -2.22. The summed E-state index contributed by atoms with van der Waals surface area (Å²) >= 11 is 15.4. The molecule has 0 bridgehead atoms. The number of halogens is 3. The first-order valence-corrected chi connectivity index (χ1v) is 7.61. The van der Waals surface area contributed by atoms with E-state index in [1.165, 1.54) is 7.11 Å². The average Bonchev–Trinajstić information content (AvgIpc) is 2.47. The maximum atomic E-state index is 12.1. The topological polar surface area (TPSA) is 38.3 Å². The van der Waals surface area contributed by atoms with Crippen molar-refractivity contribution in [2.24, 2.45) is 0 Å². The third-order valence-electron chi connectivity index (χ3n) is 2.84. The molecule has 0 fully saturated rings. The van der Waals surface area contributed by atoms with Gasteiger partial charge in [-0.3, -0.25) is 0 Å². The van der Waals surface area contributed by atoms with Crippen molar-refractivity contribution in [1.29, 1.82) is 0 Å². The summed E-state index contributed by atoms with van der Waals surface area (Å²) in [5.41, 5.74) is 1.40. The Labute approximate surface area is 141 Å². The van der Waals surface area contributed by atoms with Gasteiger partial charge in [-0.25, -0.2) is 4.79 Å². The van der Waals surface area contributed by atoms with Gasteiger partial charge in [0.2, 0.25) is 0 Å². The molecule has 0 spiro atoms. The number of nitrogens with one attached hydrogen (secondary N) is 1. The van der Waals surface area contributed by atoms with Crippen LogP contribution in [0, 0.1) is 0 Å². The van der Waals surface area contributed by atoms with E-state index in [4.69, 9.17) is 27.9 Å². The fourth-order valence-corrected chi connectivity index (χ4v) is 2.71. The van der Waals surface area contributed by atoms with Crippen molar-refractivity contribution < 1.29 is 9.53 Å². The van der Waals surface area contributed by atoms with Crippen LogP contribution in [-0.4, -0.2) is 13.1 Å². The molecule has 0 radical (unpaired) electrons. The van der Waals surface area contributed by atoms with Crippen LogP contribution in [0.3, 0.4) is 0 Å². The SMILES string of the molecule is COC(=O)C(Nc1cccc(Cl)c1)c1cc(Cl)ccc1Br. The molecule has 0 saturated heterocycles. The van der Waals surface area contributed by atoms with E-state index in [2.05, 4.69) is 21.2 Å². The Hall–Kier alpha value is -1.23. The maximum Gasteiger partial charge on any atom is 0.333 e. The quantitative estimate of drug-likeness (QED) is 0.742. The fourth-order valence-electron chi connectivity index (χ4n) is 1.86. The maximum absolute atomic E-state index is 12.1. The number of ether oxygens (including phenoxy) is 1. The van der Waals surface area contributed by atoms with Crippen LogP contribution in [0.2, 0.25) is 10.0 Å². The third-order valence-corrected chi connectivity index (χ3v) is 4.03. The molecule has 6 heteroatoms. The highest BCUT2D eigenvalue weighted by atomic mass is 79.9. The van der Waals surface area contributed by atoms with Crippen LogP contribution in [0.4, 0.5) is 5.69 Å². The van der Waals surface area contributed by atoms with Gasteiger partial charge >= 0.3 is 5.97 Å². The summed E-state index contributed by atoms with van der Waals surface area (Å²) in [5, 5.41) is 4.22. The molecule has 2 rings (SSSR count). The van der Waals surface area contributed by atoms with E-state index >= 15 is 0 Å². The van der Waals surface area contributed by atoms with Crippen LogP contribution in [0.25, 0.3) is 0 Å². The highest BCUT2D eigenvalue weighted by Crippen LogP contribution is 2.30.